The van der Waals surface area contributed by atoms with Crippen molar-refractivity contribution in [3.8, 4) is 0 Å². The van der Waals surface area contributed by atoms with E-state index in [9.17, 15) is 32.7 Å². The second kappa shape index (κ2) is 15.8. The van der Waals surface area contributed by atoms with Crippen molar-refractivity contribution in [2.45, 2.75) is 113 Å². The van der Waals surface area contributed by atoms with Crippen LogP contribution in [0.2, 0.25) is 0 Å². The van der Waals surface area contributed by atoms with Crippen molar-refractivity contribution >= 4 is 33.8 Å². The molecule has 1 saturated heterocycles. The number of fused-ring (bicyclic) bond motifs is 1. The Labute approximate surface area is 284 Å². The molecule has 1 aromatic carbocycles. The standard InChI is InChI=1S/C35H51N5O7S/c1-2-3-4-5-9-16-27-22-35(27,33(43)44)38-32(42)29-17-12-20-40(29)31(41)23-36-34(45)37-28(25-13-7-6-8-14-25)24-39-21-19-26-15-10-11-18-30(26)48(39,46)47/h9-11,15-16,18,25,27-29H,2-8,12-14,17,19-24H2,1H3,(H,38,42)(H,43,44)(H2,36,37,45)/b16-9-/t27?,28?,29-,35+/m0/s1. The Kier molecular flexibility index (Phi) is 11.8. The molecule has 2 aliphatic carbocycles. The van der Waals surface area contributed by atoms with E-state index in [1.54, 1.807) is 12.1 Å². The Morgan fingerprint density at radius 2 is 1.81 bits per heavy atom. The van der Waals surface area contributed by atoms with Crippen LogP contribution in [0.4, 0.5) is 4.79 Å². The highest BCUT2D eigenvalue weighted by molar-refractivity contribution is 7.89. The van der Waals surface area contributed by atoms with E-state index in [1.807, 2.05) is 24.3 Å². The van der Waals surface area contributed by atoms with Gasteiger partial charge in [0, 0.05) is 31.6 Å². The normalized spacial score (nSPS) is 26.1. The molecular formula is C35H51N5O7S. The van der Waals surface area contributed by atoms with Crippen LogP contribution in [0.1, 0.15) is 89.5 Å². The number of sulfonamides is 1. The van der Waals surface area contributed by atoms with E-state index in [0.29, 0.717) is 43.7 Å². The molecule has 2 aliphatic heterocycles. The van der Waals surface area contributed by atoms with Gasteiger partial charge in [-0.2, -0.15) is 4.31 Å². The van der Waals surface area contributed by atoms with Crippen LogP contribution in [-0.2, 0) is 30.8 Å². The highest BCUT2D eigenvalue weighted by Gasteiger charge is 2.61. The van der Waals surface area contributed by atoms with Gasteiger partial charge in [-0.15, -0.1) is 0 Å². The summed E-state index contributed by atoms with van der Waals surface area (Å²) in [6, 6.07) is 5.21. The molecule has 2 heterocycles. The number of carbonyl (C=O) groups excluding carboxylic acids is 3. The summed E-state index contributed by atoms with van der Waals surface area (Å²) < 4.78 is 28.4. The number of urea groups is 1. The highest BCUT2D eigenvalue weighted by atomic mass is 32.2. The number of allylic oxidation sites excluding steroid dienone is 1. The Balaban J connectivity index is 1.16. The van der Waals surface area contributed by atoms with Gasteiger partial charge < -0.3 is 26.0 Å². The first-order chi connectivity index (χ1) is 23.1. The van der Waals surface area contributed by atoms with Gasteiger partial charge in [-0.25, -0.2) is 18.0 Å². The van der Waals surface area contributed by atoms with E-state index in [4.69, 9.17) is 0 Å². The summed E-state index contributed by atoms with van der Waals surface area (Å²) in [7, 11) is -3.71. The highest BCUT2D eigenvalue weighted by Crippen LogP contribution is 2.45. The molecule has 0 spiro atoms. The van der Waals surface area contributed by atoms with E-state index in [-0.39, 0.29) is 24.9 Å². The molecule has 4 N–H and O–H groups in total. The van der Waals surface area contributed by atoms with Gasteiger partial charge in [0.25, 0.3) is 0 Å². The number of carbonyl (C=O) groups is 4. The number of amides is 4. The Hall–Kier alpha value is -3.45. The molecule has 264 valence electrons. The van der Waals surface area contributed by atoms with Crippen LogP contribution >= 0.6 is 0 Å². The average Bonchev–Trinajstić information content (AvgIpc) is 3.54. The number of aliphatic carboxylic acids is 1. The van der Waals surface area contributed by atoms with Gasteiger partial charge in [-0.05, 0) is 68.9 Å². The minimum atomic E-state index is -3.71. The molecule has 4 atom stereocenters. The molecule has 5 rings (SSSR count). The first-order valence-corrected chi connectivity index (χ1v) is 19.1. The number of unbranched alkanes of at least 4 members (excludes halogenated alkanes) is 3. The van der Waals surface area contributed by atoms with Crippen molar-refractivity contribution in [1.29, 1.82) is 0 Å². The molecule has 2 saturated carbocycles. The predicted molar refractivity (Wildman–Crippen MR) is 180 cm³/mol. The summed E-state index contributed by atoms with van der Waals surface area (Å²) in [5.41, 5.74) is -0.558. The van der Waals surface area contributed by atoms with Crippen molar-refractivity contribution in [3.05, 3.63) is 42.0 Å². The van der Waals surface area contributed by atoms with Gasteiger partial charge in [0.1, 0.15) is 11.6 Å². The van der Waals surface area contributed by atoms with Crippen molar-refractivity contribution in [2.75, 3.05) is 26.2 Å². The monoisotopic (exact) mass is 685 g/mol. The van der Waals surface area contributed by atoms with Gasteiger partial charge in [0.2, 0.25) is 21.8 Å². The average molecular weight is 686 g/mol. The summed E-state index contributed by atoms with van der Waals surface area (Å²) in [5.74, 6) is -2.18. The van der Waals surface area contributed by atoms with Crippen LogP contribution in [0.3, 0.4) is 0 Å². The van der Waals surface area contributed by atoms with E-state index in [2.05, 4.69) is 22.9 Å². The maximum Gasteiger partial charge on any atom is 0.330 e. The maximum atomic E-state index is 13.5. The van der Waals surface area contributed by atoms with Gasteiger partial charge in [0.15, 0.2) is 0 Å². The zero-order valence-corrected chi connectivity index (χ0v) is 28.8. The second-order valence-corrected chi connectivity index (χ2v) is 15.7. The summed E-state index contributed by atoms with van der Waals surface area (Å²) in [6.07, 6.45) is 14.8. The Morgan fingerprint density at radius 3 is 2.56 bits per heavy atom. The number of hydrogen-bond acceptors (Lipinski definition) is 6. The third-order valence-electron chi connectivity index (χ3n) is 10.5. The number of benzene rings is 1. The second-order valence-electron chi connectivity index (χ2n) is 13.8. The minimum Gasteiger partial charge on any atom is -0.479 e. The number of rotatable bonds is 14. The number of likely N-dealkylation sites (tertiary alicyclic amines) is 1. The Morgan fingerprint density at radius 1 is 1.04 bits per heavy atom. The molecule has 0 aromatic heterocycles. The fraction of sp³-hybridized carbons (Fsp3) is 0.657. The molecular weight excluding hydrogens is 634 g/mol. The molecule has 3 fully saturated rings. The van der Waals surface area contributed by atoms with Crippen LogP contribution < -0.4 is 16.0 Å². The summed E-state index contributed by atoms with van der Waals surface area (Å²) >= 11 is 0. The third kappa shape index (κ3) is 8.22. The van der Waals surface area contributed by atoms with Crippen LogP contribution in [-0.4, -0.2) is 90.3 Å². The van der Waals surface area contributed by atoms with E-state index in [0.717, 1.165) is 63.4 Å². The molecule has 2 unspecified atom stereocenters. The van der Waals surface area contributed by atoms with Gasteiger partial charge in [-0.1, -0.05) is 69.4 Å². The fourth-order valence-electron chi connectivity index (χ4n) is 7.58. The van der Waals surface area contributed by atoms with Crippen molar-refractivity contribution < 1.29 is 32.7 Å². The molecule has 48 heavy (non-hydrogen) atoms. The summed E-state index contributed by atoms with van der Waals surface area (Å²) in [5, 5.41) is 18.3. The van der Waals surface area contributed by atoms with Gasteiger partial charge in [0.05, 0.1) is 11.4 Å². The van der Waals surface area contributed by atoms with Crippen LogP contribution in [0.25, 0.3) is 0 Å². The third-order valence-corrected chi connectivity index (χ3v) is 12.5. The van der Waals surface area contributed by atoms with E-state index in [1.165, 1.54) is 9.21 Å². The molecule has 4 aliphatic rings. The van der Waals surface area contributed by atoms with E-state index < -0.39 is 51.5 Å². The summed E-state index contributed by atoms with van der Waals surface area (Å²) in [4.78, 5) is 53.6. The first-order valence-electron chi connectivity index (χ1n) is 17.7. The lowest BCUT2D eigenvalue weighted by atomic mass is 9.84. The Bertz CT molecular complexity index is 1480. The quantitative estimate of drug-likeness (QED) is 0.172. The SMILES string of the molecule is CCCCC/C=C\C1C[C@]1(NC(=O)[C@@H]1CCCN1C(=O)CNC(=O)NC(CN1CCc2ccccc2S1(=O)=O)C1CCCCC1)C(=O)O. The number of nitrogens with one attached hydrogen (secondary N) is 3. The zero-order chi connectivity index (χ0) is 34.3. The molecule has 12 nitrogen and oxygen atoms in total. The maximum absolute atomic E-state index is 13.5. The van der Waals surface area contributed by atoms with E-state index >= 15 is 0 Å². The topological polar surface area (TPSA) is 165 Å². The molecule has 0 bridgehead atoms. The van der Waals surface area contributed by atoms with Gasteiger partial charge in [-0.3, -0.25) is 9.59 Å². The van der Waals surface area contributed by atoms with Crippen molar-refractivity contribution in [2.24, 2.45) is 11.8 Å². The lowest BCUT2D eigenvalue weighted by Crippen LogP contribution is -2.56. The predicted octanol–water partition coefficient (Wildman–Crippen LogP) is 3.57. The lowest BCUT2D eigenvalue weighted by Gasteiger charge is -2.36. The summed E-state index contributed by atoms with van der Waals surface area (Å²) in [6.45, 7) is 2.60. The first kappa shape index (κ1) is 35.8. The number of hydrogen-bond donors (Lipinski definition) is 4. The van der Waals surface area contributed by atoms with Crippen LogP contribution in [0.15, 0.2) is 41.3 Å². The van der Waals surface area contributed by atoms with Crippen LogP contribution in [0.5, 0.6) is 0 Å². The number of carboxylic acids is 1. The number of nitrogens with zero attached hydrogens (tertiary/aromatic N) is 2. The number of carboxylic acid groups (broad SMARTS) is 1. The molecule has 0 radical (unpaired) electrons. The smallest absolute Gasteiger partial charge is 0.330 e. The zero-order valence-electron chi connectivity index (χ0n) is 28.0. The lowest BCUT2D eigenvalue weighted by molar-refractivity contribution is -0.145. The van der Waals surface area contributed by atoms with Crippen molar-refractivity contribution in [1.82, 2.24) is 25.2 Å². The van der Waals surface area contributed by atoms with Crippen LogP contribution in [0, 0.1) is 11.8 Å². The fourth-order valence-corrected chi connectivity index (χ4v) is 9.30. The largest absolute Gasteiger partial charge is 0.479 e. The van der Waals surface area contributed by atoms with Crippen molar-refractivity contribution in [3.63, 3.8) is 0 Å². The molecule has 4 amide bonds. The molecule has 1 aromatic rings. The minimum absolute atomic E-state index is 0.109. The van der Waals surface area contributed by atoms with Gasteiger partial charge >= 0.3 is 12.0 Å². The molecule has 13 heteroatoms.